The molecule has 0 unspecified atom stereocenters. The normalized spacial score (nSPS) is 11.8. The van der Waals surface area contributed by atoms with Gasteiger partial charge in [0.25, 0.3) is 0 Å². The van der Waals surface area contributed by atoms with E-state index in [-0.39, 0.29) is 0 Å². The molecule has 0 aliphatic carbocycles. The Morgan fingerprint density at radius 3 is 1.91 bits per heavy atom. The molecule has 0 N–H and O–H groups in total. The summed E-state index contributed by atoms with van der Waals surface area (Å²) in [4.78, 5) is 5.19. The van der Waals surface area contributed by atoms with Gasteiger partial charge < -0.3 is 8.98 Å². The van der Waals surface area contributed by atoms with Gasteiger partial charge in [0.2, 0.25) is 0 Å². The van der Waals surface area contributed by atoms with Gasteiger partial charge in [-0.05, 0) is 66.2 Å². The largest absolute Gasteiger partial charge is 0.455 e. The van der Waals surface area contributed by atoms with E-state index in [4.69, 9.17) is 9.40 Å². The Morgan fingerprint density at radius 1 is 0.447 bits per heavy atom. The lowest BCUT2D eigenvalue weighted by atomic mass is 9.99. The molecule has 0 aliphatic heterocycles. The summed E-state index contributed by atoms with van der Waals surface area (Å²) in [5, 5.41) is 4.59. The SMILES string of the molecule is c1ccc(-n2c(-c3cccc4oc5c(-c6ccc7c(c6)c6ccccc6n7-c6ccccc6)cccc5c34)nc3ccccc32)cc1. The average Bonchev–Trinajstić information content (AvgIpc) is 3.82. The molecule has 0 saturated heterocycles. The van der Waals surface area contributed by atoms with Crippen LogP contribution >= 0.6 is 0 Å². The minimum absolute atomic E-state index is 0.846. The summed E-state index contributed by atoms with van der Waals surface area (Å²) in [7, 11) is 0. The fourth-order valence-electron chi connectivity index (χ4n) is 7.30. The van der Waals surface area contributed by atoms with Gasteiger partial charge >= 0.3 is 0 Å². The van der Waals surface area contributed by atoms with Crippen LogP contribution in [0.1, 0.15) is 0 Å². The Balaban J connectivity index is 1.21. The van der Waals surface area contributed by atoms with Gasteiger partial charge in [-0.3, -0.25) is 4.57 Å². The smallest absolute Gasteiger partial charge is 0.146 e. The summed E-state index contributed by atoms with van der Waals surface area (Å²) in [6, 6.07) is 57.6. The van der Waals surface area contributed by atoms with Crippen molar-refractivity contribution in [2.75, 3.05) is 0 Å². The van der Waals surface area contributed by atoms with Crippen LogP contribution in [0, 0.1) is 0 Å². The zero-order valence-corrected chi connectivity index (χ0v) is 25.3. The summed E-state index contributed by atoms with van der Waals surface area (Å²) in [5.74, 6) is 0.895. The van der Waals surface area contributed by atoms with Crippen LogP contribution in [0.3, 0.4) is 0 Å². The van der Waals surface area contributed by atoms with E-state index < -0.39 is 0 Å². The van der Waals surface area contributed by atoms with Crippen molar-refractivity contribution in [3.8, 4) is 33.9 Å². The van der Waals surface area contributed by atoms with Crippen molar-refractivity contribution in [3.05, 3.63) is 164 Å². The Labute approximate surface area is 270 Å². The number of aromatic nitrogens is 3. The number of para-hydroxylation sites is 6. The molecule has 4 nitrogen and oxygen atoms in total. The average molecular weight is 602 g/mol. The molecule has 10 rings (SSSR count). The first kappa shape index (κ1) is 25.9. The third-order valence-corrected chi connectivity index (χ3v) is 9.34. The molecular formula is C43H27N3O. The molecule has 0 spiro atoms. The minimum Gasteiger partial charge on any atom is -0.455 e. The van der Waals surface area contributed by atoms with Crippen LogP contribution in [0.5, 0.6) is 0 Å². The first-order valence-electron chi connectivity index (χ1n) is 15.9. The minimum atomic E-state index is 0.846. The highest BCUT2D eigenvalue weighted by Crippen LogP contribution is 2.42. The van der Waals surface area contributed by atoms with Crippen molar-refractivity contribution in [1.82, 2.24) is 14.1 Å². The van der Waals surface area contributed by atoms with E-state index in [1.165, 1.54) is 21.8 Å². The molecule has 0 aliphatic rings. The van der Waals surface area contributed by atoms with Crippen molar-refractivity contribution >= 4 is 54.8 Å². The second-order valence-corrected chi connectivity index (χ2v) is 12.0. The third kappa shape index (κ3) is 3.85. The Hall–Kier alpha value is -6.39. The highest BCUT2D eigenvalue weighted by Gasteiger charge is 2.21. The van der Waals surface area contributed by atoms with E-state index in [1.807, 2.05) is 12.1 Å². The zero-order valence-electron chi connectivity index (χ0n) is 25.3. The Kier molecular flexibility index (Phi) is 5.54. The van der Waals surface area contributed by atoms with Crippen LogP contribution in [0.2, 0.25) is 0 Å². The maximum atomic E-state index is 6.75. The molecule has 4 heteroatoms. The van der Waals surface area contributed by atoms with Gasteiger partial charge in [0.1, 0.15) is 17.0 Å². The van der Waals surface area contributed by atoms with Crippen molar-refractivity contribution in [2.45, 2.75) is 0 Å². The molecule has 220 valence electrons. The number of hydrogen-bond acceptors (Lipinski definition) is 2. The molecule has 3 aromatic heterocycles. The van der Waals surface area contributed by atoms with Crippen LogP contribution < -0.4 is 0 Å². The molecule has 0 fully saturated rings. The highest BCUT2D eigenvalue weighted by atomic mass is 16.3. The van der Waals surface area contributed by atoms with Crippen molar-refractivity contribution < 1.29 is 4.42 Å². The maximum absolute atomic E-state index is 6.75. The van der Waals surface area contributed by atoms with E-state index >= 15 is 0 Å². The summed E-state index contributed by atoms with van der Waals surface area (Å²) in [6.07, 6.45) is 0. The number of furan rings is 1. The Morgan fingerprint density at radius 2 is 1.09 bits per heavy atom. The fraction of sp³-hybridized carbons (Fsp3) is 0. The first-order valence-corrected chi connectivity index (χ1v) is 15.9. The summed E-state index contributed by atoms with van der Waals surface area (Å²) in [6.45, 7) is 0. The lowest BCUT2D eigenvalue weighted by molar-refractivity contribution is 0.670. The second kappa shape index (κ2) is 10.1. The van der Waals surface area contributed by atoms with Gasteiger partial charge in [0.05, 0.1) is 22.1 Å². The number of hydrogen-bond donors (Lipinski definition) is 0. The lowest BCUT2D eigenvalue weighted by Gasteiger charge is -2.10. The van der Waals surface area contributed by atoms with Gasteiger partial charge in [-0.1, -0.05) is 103 Å². The monoisotopic (exact) mass is 601 g/mol. The predicted molar refractivity (Wildman–Crippen MR) is 194 cm³/mol. The molecular weight excluding hydrogens is 574 g/mol. The van der Waals surface area contributed by atoms with E-state index in [1.54, 1.807) is 0 Å². The lowest BCUT2D eigenvalue weighted by Crippen LogP contribution is -1.97. The molecule has 7 aromatic carbocycles. The van der Waals surface area contributed by atoms with Crippen molar-refractivity contribution in [1.29, 1.82) is 0 Å². The molecule has 47 heavy (non-hydrogen) atoms. The van der Waals surface area contributed by atoms with Crippen LogP contribution in [-0.2, 0) is 0 Å². The van der Waals surface area contributed by atoms with E-state index in [0.717, 1.165) is 66.9 Å². The van der Waals surface area contributed by atoms with Crippen molar-refractivity contribution in [2.24, 2.45) is 0 Å². The molecule has 3 heterocycles. The predicted octanol–water partition coefficient (Wildman–Crippen LogP) is 11.4. The summed E-state index contributed by atoms with van der Waals surface area (Å²) in [5.41, 5.74) is 11.6. The van der Waals surface area contributed by atoms with Gasteiger partial charge in [-0.25, -0.2) is 4.98 Å². The number of nitrogens with zero attached hydrogens (tertiary/aromatic N) is 3. The van der Waals surface area contributed by atoms with Gasteiger partial charge in [-0.2, -0.15) is 0 Å². The number of rotatable bonds is 4. The number of imidazole rings is 1. The standard InChI is InChI=1S/C43H27N3O/c1-3-13-29(14-4-1)45-37-22-9-7-17-32(37)35-27-28(25-26-38(35)45)31-18-11-19-33-41-34(20-12-24-40(41)47-42(31)33)43-44-36-21-8-10-23-39(36)46(43)30-15-5-2-6-16-30/h1-27H. The molecule has 0 saturated carbocycles. The Bertz CT molecular complexity index is 2780. The van der Waals surface area contributed by atoms with Gasteiger partial charge in [-0.15, -0.1) is 0 Å². The first-order chi connectivity index (χ1) is 23.3. The van der Waals surface area contributed by atoms with Crippen LogP contribution in [0.25, 0.3) is 88.7 Å². The van der Waals surface area contributed by atoms with Crippen LogP contribution in [0.15, 0.2) is 168 Å². The van der Waals surface area contributed by atoms with Crippen molar-refractivity contribution in [3.63, 3.8) is 0 Å². The van der Waals surface area contributed by atoms with E-state index in [0.29, 0.717) is 0 Å². The molecule has 0 radical (unpaired) electrons. The van der Waals surface area contributed by atoms with E-state index in [9.17, 15) is 0 Å². The molecule has 10 aromatic rings. The topological polar surface area (TPSA) is 35.9 Å². The third-order valence-electron chi connectivity index (χ3n) is 9.34. The van der Waals surface area contributed by atoms with Gasteiger partial charge in [0.15, 0.2) is 0 Å². The fourth-order valence-corrected chi connectivity index (χ4v) is 7.30. The number of benzene rings is 7. The summed E-state index contributed by atoms with van der Waals surface area (Å²) >= 11 is 0. The quantitative estimate of drug-likeness (QED) is 0.201. The molecule has 0 amide bonds. The number of fused-ring (bicyclic) bond motifs is 7. The molecule has 0 atom stereocenters. The van der Waals surface area contributed by atoms with Crippen LogP contribution in [-0.4, -0.2) is 14.1 Å². The highest BCUT2D eigenvalue weighted by molar-refractivity contribution is 6.16. The maximum Gasteiger partial charge on any atom is 0.146 e. The second-order valence-electron chi connectivity index (χ2n) is 12.0. The van der Waals surface area contributed by atoms with Crippen LogP contribution in [0.4, 0.5) is 0 Å². The molecule has 0 bridgehead atoms. The van der Waals surface area contributed by atoms with Gasteiger partial charge in [0, 0.05) is 44.0 Å². The zero-order chi connectivity index (χ0) is 30.9. The van der Waals surface area contributed by atoms with E-state index in [2.05, 4.69) is 161 Å². The summed E-state index contributed by atoms with van der Waals surface area (Å²) < 4.78 is 11.4.